The number of rotatable bonds is 4. The molecule has 0 saturated heterocycles. The average molecular weight is 362 g/mol. The topological polar surface area (TPSA) is 94.5 Å². The lowest BCUT2D eigenvalue weighted by molar-refractivity contribution is -0.119. The molecule has 0 saturated carbocycles. The number of thioether (sulfide) groups is 1. The minimum Gasteiger partial charge on any atom is -0.486 e. The van der Waals surface area contributed by atoms with E-state index in [1.807, 2.05) is 11.6 Å². The van der Waals surface area contributed by atoms with Crippen molar-refractivity contribution in [3.63, 3.8) is 0 Å². The first kappa shape index (κ1) is 17.2. The number of benzene rings is 1. The number of carbonyl (C=O) groups is 2. The van der Waals surface area contributed by atoms with Crippen LogP contribution in [0.2, 0.25) is 0 Å². The molecule has 1 aromatic carbocycles. The number of aromatic nitrogens is 2. The van der Waals surface area contributed by atoms with Crippen molar-refractivity contribution in [3.8, 4) is 11.5 Å². The number of imide groups is 1. The molecule has 1 aliphatic heterocycles. The fourth-order valence-corrected chi connectivity index (χ4v) is 3.01. The Labute approximate surface area is 148 Å². The predicted molar refractivity (Wildman–Crippen MR) is 93.1 cm³/mol. The fourth-order valence-electron chi connectivity index (χ4n) is 2.17. The van der Waals surface area contributed by atoms with E-state index in [1.54, 1.807) is 37.5 Å². The van der Waals surface area contributed by atoms with Gasteiger partial charge in [0.1, 0.15) is 13.2 Å². The third-order valence-corrected chi connectivity index (χ3v) is 4.64. The van der Waals surface area contributed by atoms with Gasteiger partial charge in [-0.25, -0.2) is 9.78 Å². The molecular formula is C16H18N4O4S. The number of aryl methyl sites for hydroxylation is 1. The SMILES string of the molecule is CC(Sc1nccn1C)C(=O)NC(=O)Nc1ccc2c(c1)OCCO2. The molecule has 3 amide bonds. The smallest absolute Gasteiger partial charge is 0.325 e. The maximum absolute atomic E-state index is 12.1. The van der Waals surface area contributed by atoms with Crippen LogP contribution in [0.15, 0.2) is 35.7 Å². The normalized spacial score (nSPS) is 13.8. The zero-order valence-corrected chi connectivity index (χ0v) is 14.6. The summed E-state index contributed by atoms with van der Waals surface area (Å²) in [6, 6.07) is 4.45. The van der Waals surface area contributed by atoms with Gasteiger partial charge < -0.3 is 19.4 Å². The molecule has 132 valence electrons. The number of hydrogen-bond donors (Lipinski definition) is 2. The number of carbonyl (C=O) groups excluding carboxylic acids is 2. The molecule has 1 unspecified atom stereocenters. The molecule has 1 aromatic heterocycles. The maximum Gasteiger partial charge on any atom is 0.325 e. The molecule has 2 aromatic rings. The van der Waals surface area contributed by atoms with Crippen LogP contribution < -0.4 is 20.1 Å². The minimum absolute atomic E-state index is 0.400. The number of urea groups is 1. The fraction of sp³-hybridized carbons (Fsp3) is 0.312. The summed E-state index contributed by atoms with van der Waals surface area (Å²) in [7, 11) is 1.84. The second kappa shape index (κ2) is 7.47. The van der Waals surface area contributed by atoms with Gasteiger partial charge in [-0.3, -0.25) is 10.1 Å². The quantitative estimate of drug-likeness (QED) is 0.808. The van der Waals surface area contributed by atoms with Crippen LogP contribution in [0.1, 0.15) is 6.92 Å². The largest absolute Gasteiger partial charge is 0.486 e. The third-order valence-electron chi connectivity index (χ3n) is 3.47. The summed E-state index contributed by atoms with van der Waals surface area (Å²) < 4.78 is 12.7. The number of amides is 3. The molecule has 2 N–H and O–H groups in total. The average Bonchev–Trinajstić information content (AvgIpc) is 2.99. The Balaban J connectivity index is 1.55. The van der Waals surface area contributed by atoms with Crippen molar-refractivity contribution < 1.29 is 19.1 Å². The number of anilines is 1. The van der Waals surface area contributed by atoms with E-state index in [1.165, 1.54) is 11.8 Å². The monoisotopic (exact) mass is 362 g/mol. The van der Waals surface area contributed by atoms with Gasteiger partial charge in [0, 0.05) is 31.2 Å². The number of nitrogens with one attached hydrogen (secondary N) is 2. The van der Waals surface area contributed by atoms with E-state index in [9.17, 15) is 9.59 Å². The molecule has 2 heterocycles. The third kappa shape index (κ3) is 4.24. The molecule has 0 radical (unpaired) electrons. The molecule has 8 nitrogen and oxygen atoms in total. The highest BCUT2D eigenvalue weighted by atomic mass is 32.2. The van der Waals surface area contributed by atoms with Gasteiger partial charge in [0.25, 0.3) is 0 Å². The van der Waals surface area contributed by atoms with E-state index in [-0.39, 0.29) is 0 Å². The zero-order valence-electron chi connectivity index (χ0n) is 13.8. The van der Waals surface area contributed by atoms with Gasteiger partial charge in [0.15, 0.2) is 16.7 Å². The van der Waals surface area contributed by atoms with Crippen LogP contribution in [-0.2, 0) is 11.8 Å². The van der Waals surface area contributed by atoms with Crippen molar-refractivity contribution in [3.05, 3.63) is 30.6 Å². The second-order valence-corrected chi connectivity index (χ2v) is 6.69. The van der Waals surface area contributed by atoms with Crippen LogP contribution in [0, 0.1) is 0 Å². The van der Waals surface area contributed by atoms with Crippen LogP contribution in [-0.4, -0.2) is 40.0 Å². The number of ether oxygens (including phenoxy) is 2. The number of hydrogen-bond acceptors (Lipinski definition) is 6. The van der Waals surface area contributed by atoms with Crippen molar-refractivity contribution in [2.24, 2.45) is 7.05 Å². The van der Waals surface area contributed by atoms with Gasteiger partial charge in [-0.05, 0) is 19.1 Å². The van der Waals surface area contributed by atoms with E-state index in [0.29, 0.717) is 35.6 Å². The maximum atomic E-state index is 12.1. The number of imidazole rings is 1. The van der Waals surface area contributed by atoms with Crippen molar-refractivity contribution in [2.75, 3.05) is 18.5 Å². The van der Waals surface area contributed by atoms with Gasteiger partial charge in [-0.2, -0.15) is 0 Å². The van der Waals surface area contributed by atoms with Gasteiger partial charge >= 0.3 is 6.03 Å². The zero-order chi connectivity index (χ0) is 17.8. The van der Waals surface area contributed by atoms with E-state index < -0.39 is 17.2 Å². The molecule has 0 bridgehead atoms. The van der Waals surface area contributed by atoms with Crippen LogP contribution in [0.25, 0.3) is 0 Å². The molecule has 3 rings (SSSR count). The van der Waals surface area contributed by atoms with Crippen LogP contribution >= 0.6 is 11.8 Å². The van der Waals surface area contributed by atoms with E-state index in [0.717, 1.165) is 0 Å². The Morgan fingerprint density at radius 3 is 2.76 bits per heavy atom. The van der Waals surface area contributed by atoms with E-state index >= 15 is 0 Å². The van der Waals surface area contributed by atoms with Crippen LogP contribution in [0.5, 0.6) is 11.5 Å². The predicted octanol–water partition coefficient (Wildman–Crippen LogP) is 2.02. The van der Waals surface area contributed by atoms with Gasteiger partial charge in [0.05, 0.1) is 5.25 Å². The molecule has 0 spiro atoms. The summed E-state index contributed by atoms with van der Waals surface area (Å²) in [4.78, 5) is 28.3. The molecule has 0 fully saturated rings. The second-order valence-electron chi connectivity index (χ2n) is 5.38. The van der Waals surface area contributed by atoms with Crippen LogP contribution in [0.4, 0.5) is 10.5 Å². The number of fused-ring (bicyclic) bond motifs is 1. The Bertz CT molecular complexity index is 792. The Kier molecular flexibility index (Phi) is 5.13. The standard InChI is InChI=1S/C16H18N4O4S/c1-10(25-16-17-5-6-20(16)2)14(21)19-15(22)18-11-3-4-12-13(9-11)24-8-7-23-12/h3-6,9-10H,7-8H2,1-2H3,(H2,18,19,21,22). The molecular weight excluding hydrogens is 344 g/mol. The van der Waals surface area contributed by atoms with E-state index in [4.69, 9.17) is 9.47 Å². The lowest BCUT2D eigenvalue weighted by Gasteiger charge is -2.19. The summed E-state index contributed by atoms with van der Waals surface area (Å²) in [5.41, 5.74) is 0.513. The highest BCUT2D eigenvalue weighted by Gasteiger charge is 2.19. The highest BCUT2D eigenvalue weighted by Crippen LogP contribution is 2.32. The summed E-state index contributed by atoms with van der Waals surface area (Å²) in [6.45, 7) is 2.68. The van der Waals surface area contributed by atoms with Gasteiger partial charge in [-0.1, -0.05) is 11.8 Å². The summed E-state index contributed by atoms with van der Waals surface area (Å²) in [5, 5.41) is 5.17. The molecule has 9 heteroatoms. The first-order chi connectivity index (χ1) is 12.0. The number of nitrogens with zero attached hydrogens (tertiary/aromatic N) is 2. The lowest BCUT2D eigenvalue weighted by atomic mass is 10.2. The summed E-state index contributed by atoms with van der Waals surface area (Å²) in [5.74, 6) is 0.797. The van der Waals surface area contributed by atoms with Gasteiger partial charge in [0.2, 0.25) is 5.91 Å². The molecule has 0 aliphatic carbocycles. The molecule has 1 atom stereocenters. The van der Waals surface area contributed by atoms with Gasteiger partial charge in [-0.15, -0.1) is 0 Å². The van der Waals surface area contributed by atoms with E-state index in [2.05, 4.69) is 15.6 Å². The Morgan fingerprint density at radius 1 is 1.28 bits per heavy atom. The highest BCUT2D eigenvalue weighted by molar-refractivity contribution is 8.00. The van der Waals surface area contributed by atoms with Crippen molar-refractivity contribution in [1.82, 2.24) is 14.9 Å². The minimum atomic E-state index is -0.603. The molecule has 1 aliphatic rings. The lowest BCUT2D eigenvalue weighted by Crippen LogP contribution is -2.39. The molecule has 25 heavy (non-hydrogen) atoms. The summed E-state index contributed by atoms with van der Waals surface area (Å²) in [6.07, 6.45) is 3.45. The Hall–Kier alpha value is -2.68. The van der Waals surface area contributed by atoms with Crippen molar-refractivity contribution in [2.45, 2.75) is 17.3 Å². The first-order valence-corrected chi connectivity index (χ1v) is 8.56. The van der Waals surface area contributed by atoms with Crippen molar-refractivity contribution in [1.29, 1.82) is 0 Å². The Morgan fingerprint density at radius 2 is 2.04 bits per heavy atom. The first-order valence-electron chi connectivity index (χ1n) is 7.68. The van der Waals surface area contributed by atoms with Crippen molar-refractivity contribution >= 4 is 29.4 Å². The van der Waals surface area contributed by atoms with Crippen LogP contribution in [0.3, 0.4) is 0 Å². The summed E-state index contributed by atoms with van der Waals surface area (Å²) >= 11 is 1.28.